The van der Waals surface area contributed by atoms with Gasteiger partial charge in [0, 0.05) is 7.05 Å². The third kappa shape index (κ3) is 4.02. The quantitative estimate of drug-likeness (QED) is 0.796. The van der Waals surface area contributed by atoms with E-state index in [-0.39, 0.29) is 12.0 Å². The van der Waals surface area contributed by atoms with E-state index in [1.807, 2.05) is 49.4 Å². The Balaban J connectivity index is 1.52. The number of nitrogens with zero attached hydrogens (tertiary/aromatic N) is 1. The lowest BCUT2D eigenvalue weighted by molar-refractivity contribution is -0.143. The van der Waals surface area contributed by atoms with E-state index in [2.05, 4.69) is 0 Å². The number of carbonyl (C=O) groups excluding carboxylic acids is 1. The lowest BCUT2D eigenvalue weighted by Crippen LogP contribution is -2.50. The smallest absolute Gasteiger partial charge is 0.267 e. The minimum absolute atomic E-state index is 0.134. The van der Waals surface area contributed by atoms with Crippen molar-refractivity contribution < 1.29 is 23.7 Å². The highest BCUT2D eigenvalue weighted by Crippen LogP contribution is 2.33. The number of methoxy groups -OCH3 is 1. The van der Waals surface area contributed by atoms with E-state index in [9.17, 15) is 4.79 Å². The maximum atomic E-state index is 12.7. The highest BCUT2D eigenvalue weighted by Gasteiger charge is 2.35. The zero-order valence-electron chi connectivity index (χ0n) is 15.2. The number of benzene rings is 2. The van der Waals surface area contributed by atoms with Crippen molar-refractivity contribution in [3.8, 4) is 23.0 Å². The molecule has 0 spiro atoms. The molecule has 2 aromatic rings. The van der Waals surface area contributed by atoms with Gasteiger partial charge in [-0.1, -0.05) is 12.1 Å². The Bertz CT molecular complexity index is 746. The van der Waals surface area contributed by atoms with Gasteiger partial charge in [0.05, 0.1) is 13.7 Å². The molecular weight excluding hydrogens is 334 g/mol. The molecule has 1 amide bonds. The third-order valence-corrected chi connectivity index (χ3v) is 4.22. The van der Waals surface area contributed by atoms with Gasteiger partial charge >= 0.3 is 0 Å². The van der Waals surface area contributed by atoms with Crippen LogP contribution in [0.4, 0.5) is 0 Å². The first-order valence-electron chi connectivity index (χ1n) is 8.52. The maximum absolute atomic E-state index is 12.7. The van der Waals surface area contributed by atoms with Gasteiger partial charge in [-0.25, -0.2) is 0 Å². The van der Waals surface area contributed by atoms with Crippen LogP contribution in [0.15, 0.2) is 48.5 Å². The second-order valence-corrected chi connectivity index (χ2v) is 6.09. The molecule has 0 bridgehead atoms. The topological polar surface area (TPSA) is 57.2 Å². The van der Waals surface area contributed by atoms with E-state index in [1.165, 1.54) is 0 Å². The van der Waals surface area contributed by atoms with Crippen LogP contribution in [0.3, 0.4) is 0 Å². The molecule has 1 aliphatic heterocycles. The lowest BCUT2D eigenvalue weighted by Gasteiger charge is -2.33. The van der Waals surface area contributed by atoms with Crippen LogP contribution in [0.1, 0.15) is 6.92 Å². The molecule has 138 valence electrons. The van der Waals surface area contributed by atoms with Crippen molar-refractivity contribution in [2.75, 3.05) is 27.3 Å². The molecule has 6 nitrogen and oxygen atoms in total. The van der Waals surface area contributed by atoms with Crippen molar-refractivity contribution in [2.24, 2.45) is 0 Å². The summed E-state index contributed by atoms with van der Waals surface area (Å²) in [5, 5.41) is 0. The largest absolute Gasteiger partial charge is 0.497 e. The number of fused-ring (bicyclic) bond motifs is 1. The van der Waals surface area contributed by atoms with Gasteiger partial charge in [-0.2, -0.15) is 0 Å². The number of carbonyl (C=O) groups is 1. The van der Waals surface area contributed by atoms with Gasteiger partial charge in [0.25, 0.3) is 5.91 Å². The van der Waals surface area contributed by atoms with E-state index in [1.54, 1.807) is 25.1 Å². The molecule has 0 aliphatic carbocycles. The van der Waals surface area contributed by atoms with Gasteiger partial charge in [0.2, 0.25) is 6.10 Å². The SMILES string of the molecule is COc1ccc(OCCN(C)C(=O)C2Oc3ccccc3OC2C)cc1. The summed E-state index contributed by atoms with van der Waals surface area (Å²) in [6, 6.07) is 14.7. The van der Waals surface area contributed by atoms with Crippen molar-refractivity contribution in [3.05, 3.63) is 48.5 Å². The van der Waals surface area contributed by atoms with E-state index in [4.69, 9.17) is 18.9 Å². The highest BCUT2D eigenvalue weighted by atomic mass is 16.6. The molecule has 2 unspecified atom stereocenters. The van der Waals surface area contributed by atoms with Crippen molar-refractivity contribution in [2.45, 2.75) is 19.1 Å². The number of rotatable bonds is 6. The summed E-state index contributed by atoms with van der Waals surface area (Å²) in [7, 11) is 3.35. The van der Waals surface area contributed by atoms with Crippen LogP contribution in [0.5, 0.6) is 23.0 Å². The average Bonchev–Trinajstić information content (AvgIpc) is 2.67. The minimum atomic E-state index is -0.670. The second-order valence-electron chi connectivity index (χ2n) is 6.09. The molecule has 1 heterocycles. The minimum Gasteiger partial charge on any atom is -0.497 e. The van der Waals surface area contributed by atoms with Gasteiger partial charge < -0.3 is 23.8 Å². The molecule has 0 N–H and O–H groups in total. The molecule has 0 saturated carbocycles. The van der Waals surface area contributed by atoms with Gasteiger partial charge in [-0.3, -0.25) is 4.79 Å². The van der Waals surface area contributed by atoms with Crippen LogP contribution in [0.25, 0.3) is 0 Å². The third-order valence-electron chi connectivity index (χ3n) is 4.22. The summed E-state index contributed by atoms with van der Waals surface area (Å²) < 4.78 is 22.4. The fourth-order valence-electron chi connectivity index (χ4n) is 2.69. The summed E-state index contributed by atoms with van der Waals surface area (Å²) in [5.41, 5.74) is 0. The van der Waals surface area contributed by atoms with Crippen LogP contribution in [-0.2, 0) is 4.79 Å². The Hall–Kier alpha value is -2.89. The van der Waals surface area contributed by atoms with Crippen LogP contribution in [-0.4, -0.2) is 50.3 Å². The fourth-order valence-corrected chi connectivity index (χ4v) is 2.69. The van der Waals surface area contributed by atoms with E-state index in [0.717, 1.165) is 11.5 Å². The van der Waals surface area contributed by atoms with Gasteiger partial charge in [0.15, 0.2) is 11.5 Å². The maximum Gasteiger partial charge on any atom is 0.267 e. The molecule has 26 heavy (non-hydrogen) atoms. The summed E-state index contributed by atoms with van der Waals surface area (Å²) in [5.74, 6) is 2.62. The Labute approximate surface area is 153 Å². The summed E-state index contributed by atoms with van der Waals surface area (Å²) in [6.07, 6.45) is -1.03. The number of para-hydroxylation sites is 2. The van der Waals surface area contributed by atoms with Crippen molar-refractivity contribution in [1.29, 1.82) is 0 Å². The first-order valence-corrected chi connectivity index (χ1v) is 8.52. The predicted molar refractivity (Wildman–Crippen MR) is 97.1 cm³/mol. The fraction of sp³-hybridized carbons (Fsp3) is 0.350. The average molecular weight is 357 g/mol. The molecule has 0 radical (unpaired) electrons. The number of hydrogen-bond donors (Lipinski definition) is 0. The Kier molecular flexibility index (Phi) is 5.51. The number of ether oxygens (including phenoxy) is 4. The van der Waals surface area contributed by atoms with E-state index >= 15 is 0 Å². The summed E-state index contributed by atoms with van der Waals surface area (Å²) in [6.45, 7) is 2.66. The molecule has 2 aromatic carbocycles. The standard InChI is InChI=1S/C20H23NO5/c1-14-19(26-18-7-5-4-6-17(18)25-14)20(22)21(2)12-13-24-16-10-8-15(23-3)9-11-16/h4-11,14,19H,12-13H2,1-3H3. The number of hydrogen-bond acceptors (Lipinski definition) is 5. The van der Waals surface area contributed by atoms with Crippen LogP contribution in [0.2, 0.25) is 0 Å². The van der Waals surface area contributed by atoms with Crippen LogP contribution in [0, 0.1) is 0 Å². The van der Waals surface area contributed by atoms with E-state index < -0.39 is 6.10 Å². The first-order chi connectivity index (χ1) is 12.6. The number of likely N-dealkylation sites (N-methyl/N-ethyl adjacent to an activating group) is 1. The normalized spacial score (nSPS) is 18.1. The summed E-state index contributed by atoms with van der Waals surface area (Å²) in [4.78, 5) is 14.3. The molecular formula is C20H23NO5. The van der Waals surface area contributed by atoms with Gasteiger partial charge in [-0.05, 0) is 43.3 Å². The van der Waals surface area contributed by atoms with Crippen LogP contribution < -0.4 is 18.9 Å². The van der Waals surface area contributed by atoms with E-state index in [0.29, 0.717) is 24.7 Å². The predicted octanol–water partition coefficient (Wildman–Crippen LogP) is 2.76. The Morgan fingerprint density at radius 2 is 1.65 bits per heavy atom. The monoisotopic (exact) mass is 357 g/mol. The molecule has 3 rings (SSSR count). The zero-order chi connectivity index (χ0) is 18.5. The molecule has 6 heteroatoms. The highest BCUT2D eigenvalue weighted by molar-refractivity contribution is 5.82. The van der Waals surface area contributed by atoms with Gasteiger partial charge in [0.1, 0.15) is 24.2 Å². The van der Waals surface area contributed by atoms with Crippen LogP contribution >= 0.6 is 0 Å². The molecule has 1 aliphatic rings. The van der Waals surface area contributed by atoms with Crippen molar-refractivity contribution in [3.63, 3.8) is 0 Å². The lowest BCUT2D eigenvalue weighted by atomic mass is 10.1. The molecule has 2 atom stereocenters. The zero-order valence-corrected chi connectivity index (χ0v) is 15.2. The molecule has 0 aromatic heterocycles. The first kappa shape index (κ1) is 17.9. The molecule has 0 saturated heterocycles. The number of amides is 1. The Morgan fingerprint density at radius 1 is 1.04 bits per heavy atom. The van der Waals surface area contributed by atoms with Gasteiger partial charge in [-0.15, -0.1) is 0 Å². The molecule has 0 fully saturated rings. The Morgan fingerprint density at radius 3 is 2.31 bits per heavy atom. The second kappa shape index (κ2) is 7.99. The van der Waals surface area contributed by atoms with Crippen molar-refractivity contribution >= 4 is 5.91 Å². The summed E-state index contributed by atoms with van der Waals surface area (Å²) >= 11 is 0. The van der Waals surface area contributed by atoms with Crippen molar-refractivity contribution in [1.82, 2.24) is 4.90 Å².